The lowest BCUT2D eigenvalue weighted by atomic mass is 10.2. The SMILES string of the molecule is CC(Cc1cccs1)NS(=O)(=O)c1c(F)cc(N)cc1F. The van der Waals surface area contributed by atoms with Gasteiger partial charge in [0.15, 0.2) is 4.90 Å². The maximum absolute atomic E-state index is 13.7. The van der Waals surface area contributed by atoms with Crippen molar-refractivity contribution in [3.05, 3.63) is 46.2 Å². The smallest absolute Gasteiger partial charge is 0.246 e. The van der Waals surface area contributed by atoms with Crippen molar-refractivity contribution in [1.82, 2.24) is 4.72 Å². The summed E-state index contributed by atoms with van der Waals surface area (Å²) >= 11 is 1.48. The first-order valence-electron chi connectivity index (χ1n) is 6.09. The van der Waals surface area contributed by atoms with E-state index in [9.17, 15) is 17.2 Å². The fourth-order valence-corrected chi connectivity index (χ4v) is 4.13. The van der Waals surface area contributed by atoms with Crippen molar-refractivity contribution in [1.29, 1.82) is 0 Å². The second-order valence-electron chi connectivity index (χ2n) is 4.62. The number of rotatable bonds is 5. The third kappa shape index (κ3) is 3.78. The van der Waals surface area contributed by atoms with Gasteiger partial charge in [-0.3, -0.25) is 0 Å². The Kier molecular flexibility index (Phi) is 4.60. The second kappa shape index (κ2) is 6.08. The Balaban J connectivity index is 2.22. The lowest BCUT2D eigenvalue weighted by Gasteiger charge is -2.14. The van der Waals surface area contributed by atoms with E-state index >= 15 is 0 Å². The molecule has 1 heterocycles. The largest absolute Gasteiger partial charge is 0.399 e. The van der Waals surface area contributed by atoms with Gasteiger partial charge in [0.1, 0.15) is 11.6 Å². The number of sulfonamides is 1. The molecule has 0 bridgehead atoms. The van der Waals surface area contributed by atoms with Crippen LogP contribution in [0.25, 0.3) is 0 Å². The molecule has 0 spiro atoms. The summed E-state index contributed by atoms with van der Waals surface area (Å²) in [4.78, 5) is -0.0295. The van der Waals surface area contributed by atoms with Gasteiger partial charge in [-0.25, -0.2) is 21.9 Å². The van der Waals surface area contributed by atoms with Crippen molar-refractivity contribution in [2.24, 2.45) is 0 Å². The zero-order valence-corrected chi connectivity index (χ0v) is 12.8. The number of hydrogen-bond acceptors (Lipinski definition) is 4. The summed E-state index contributed by atoms with van der Waals surface area (Å²) in [5, 5.41) is 1.87. The first-order valence-corrected chi connectivity index (χ1v) is 8.45. The summed E-state index contributed by atoms with van der Waals surface area (Å²) in [6.07, 6.45) is 0.440. The second-order valence-corrected chi connectivity index (χ2v) is 7.30. The Hall–Kier alpha value is -1.51. The van der Waals surface area contributed by atoms with Gasteiger partial charge in [-0.2, -0.15) is 0 Å². The monoisotopic (exact) mass is 332 g/mol. The molecule has 4 nitrogen and oxygen atoms in total. The molecule has 0 aliphatic carbocycles. The van der Waals surface area contributed by atoms with Gasteiger partial charge in [-0.1, -0.05) is 6.07 Å². The molecule has 0 radical (unpaired) electrons. The Bertz CT molecular complexity index is 708. The van der Waals surface area contributed by atoms with E-state index in [1.807, 2.05) is 17.5 Å². The highest BCUT2D eigenvalue weighted by Gasteiger charge is 2.26. The van der Waals surface area contributed by atoms with Crippen LogP contribution in [0.5, 0.6) is 0 Å². The molecule has 8 heteroatoms. The molecule has 1 atom stereocenters. The van der Waals surface area contributed by atoms with E-state index in [2.05, 4.69) is 4.72 Å². The summed E-state index contributed by atoms with van der Waals surface area (Å²) < 4.78 is 53.9. The number of halogens is 2. The highest BCUT2D eigenvalue weighted by Crippen LogP contribution is 2.22. The molecule has 2 aromatic rings. The van der Waals surface area contributed by atoms with Crippen LogP contribution in [0, 0.1) is 11.6 Å². The number of anilines is 1. The molecule has 2 rings (SSSR count). The lowest BCUT2D eigenvalue weighted by Crippen LogP contribution is -2.35. The van der Waals surface area contributed by atoms with Crippen molar-refractivity contribution >= 4 is 27.0 Å². The van der Waals surface area contributed by atoms with Crippen LogP contribution in [0.15, 0.2) is 34.5 Å². The molecule has 0 saturated carbocycles. The summed E-state index contributed by atoms with van der Waals surface area (Å²) in [6, 6.07) is 4.77. The quantitative estimate of drug-likeness (QED) is 0.827. The molecule has 0 saturated heterocycles. The van der Waals surface area contributed by atoms with Crippen LogP contribution in [-0.4, -0.2) is 14.5 Å². The highest BCUT2D eigenvalue weighted by molar-refractivity contribution is 7.89. The van der Waals surface area contributed by atoms with Crippen LogP contribution in [0.4, 0.5) is 14.5 Å². The predicted octanol–water partition coefficient (Wildman–Crippen LogP) is 2.52. The maximum Gasteiger partial charge on any atom is 0.246 e. The Morgan fingerprint density at radius 1 is 1.33 bits per heavy atom. The van der Waals surface area contributed by atoms with Crippen LogP contribution in [0.1, 0.15) is 11.8 Å². The van der Waals surface area contributed by atoms with Crippen molar-refractivity contribution < 1.29 is 17.2 Å². The minimum absolute atomic E-state index is 0.171. The average Bonchev–Trinajstić information content (AvgIpc) is 2.78. The number of nitrogens with one attached hydrogen (secondary N) is 1. The van der Waals surface area contributed by atoms with Crippen LogP contribution in [0.2, 0.25) is 0 Å². The lowest BCUT2D eigenvalue weighted by molar-refractivity contribution is 0.508. The molecule has 1 unspecified atom stereocenters. The van der Waals surface area contributed by atoms with Crippen LogP contribution < -0.4 is 10.5 Å². The molecule has 1 aromatic carbocycles. The topological polar surface area (TPSA) is 72.2 Å². The number of thiophene rings is 1. The normalized spacial score (nSPS) is 13.3. The first-order chi connectivity index (χ1) is 9.79. The number of hydrogen-bond donors (Lipinski definition) is 2. The maximum atomic E-state index is 13.7. The first kappa shape index (κ1) is 15.9. The molecule has 1 aromatic heterocycles. The van der Waals surface area contributed by atoms with E-state index < -0.39 is 32.6 Å². The molecule has 3 N–H and O–H groups in total. The van der Waals surface area contributed by atoms with Gasteiger partial charge in [0, 0.05) is 16.6 Å². The number of nitrogen functional groups attached to an aromatic ring is 1. The van der Waals surface area contributed by atoms with E-state index in [1.165, 1.54) is 11.3 Å². The van der Waals surface area contributed by atoms with Crippen LogP contribution in [0.3, 0.4) is 0 Å². The molecule has 0 aliphatic heterocycles. The average molecular weight is 332 g/mol. The third-order valence-corrected chi connectivity index (χ3v) is 5.27. The summed E-state index contributed by atoms with van der Waals surface area (Å²) in [7, 11) is -4.29. The van der Waals surface area contributed by atoms with Crippen molar-refractivity contribution in [2.45, 2.75) is 24.3 Å². The molecule has 114 valence electrons. The van der Waals surface area contributed by atoms with Crippen LogP contribution >= 0.6 is 11.3 Å². The Morgan fingerprint density at radius 2 is 1.95 bits per heavy atom. The van der Waals surface area contributed by atoms with E-state index in [4.69, 9.17) is 5.73 Å². The Labute approximate surface area is 125 Å². The molecular formula is C13H14F2N2O2S2. The fraction of sp³-hybridized carbons (Fsp3) is 0.231. The fourth-order valence-electron chi connectivity index (χ4n) is 1.93. The van der Waals surface area contributed by atoms with Gasteiger partial charge in [-0.15, -0.1) is 11.3 Å². The third-order valence-electron chi connectivity index (χ3n) is 2.73. The molecule has 0 aliphatic rings. The molecule has 21 heavy (non-hydrogen) atoms. The van der Waals surface area contributed by atoms with Gasteiger partial charge in [0.2, 0.25) is 10.0 Å². The van der Waals surface area contributed by atoms with Gasteiger partial charge in [-0.05, 0) is 36.9 Å². The van der Waals surface area contributed by atoms with E-state index in [1.54, 1.807) is 6.92 Å². The predicted molar refractivity (Wildman–Crippen MR) is 78.6 cm³/mol. The van der Waals surface area contributed by atoms with E-state index in [0.29, 0.717) is 6.42 Å². The van der Waals surface area contributed by atoms with E-state index in [-0.39, 0.29) is 5.69 Å². The molecule has 0 amide bonds. The van der Waals surface area contributed by atoms with E-state index in [0.717, 1.165) is 17.0 Å². The molecular weight excluding hydrogens is 318 g/mol. The summed E-state index contributed by atoms with van der Waals surface area (Å²) in [5.74, 6) is -2.41. The van der Waals surface area contributed by atoms with Gasteiger partial charge in [0.25, 0.3) is 0 Å². The van der Waals surface area contributed by atoms with Crippen molar-refractivity contribution in [3.63, 3.8) is 0 Å². The summed E-state index contributed by atoms with van der Waals surface area (Å²) in [5.41, 5.74) is 5.10. The highest BCUT2D eigenvalue weighted by atomic mass is 32.2. The minimum Gasteiger partial charge on any atom is -0.399 e. The summed E-state index contributed by atoms with van der Waals surface area (Å²) in [6.45, 7) is 1.63. The zero-order valence-electron chi connectivity index (χ0n) is 11.1. The van der Waals surface area contributed by atoms with Crippen molar-refractivity contribution in [2.75, 3.05) is 5.73 Å². The standard InChI is InChI=1S/C13H14F2N2O2S2/c1-8(5-10-3-2-4-20-10)17-21(18,19)13-11(14)6-9(16)7-12(13)15/h2-4,6-8,17H,5,16H2,1H3. The number of benzene rings is 1. The van der Waals surface area contributed by atoms with Gasteiger partial charge < -0.3 is 5.73 Å². The van der Waals surface area contributed by atoms with Gasteiger partial charge in [0.05, 0.1) is 0 Å². The zero-order chi connectivity index (χ0) is 15.6. The number of nitrogens with two attached hydrogens (primary N) is 1. The van der Waals surface area contributed by atoms with Gasteiger partial charge >= 0.3 is 0 Å². The van der Waals surface area contributed by atoms with Crippen molar-refractivity contribution in [3.8, 4) is 0 Å². The van der Waals surface area contributed by atoms with Crippen LogP contribution in [-0.2, 0) is 16.4 Å². The Morgan fingerprint density at radius 3 is 2.48 bits per heavy atom. The minimum atomic E-state index is -4.29. The molecule has 0 fully saturated rings.